The Balaban J connectivity index is 3.30. The average molecular weight is 180 g/mol. The molecule has 0 saturated carbocycles. The molecule has 0 aliphatic carbocycles. The van der Waals surface area contributed by atoms with Crippen LogP contribution in [0.1, 0.15) is 32.6 Å². The molecule has 0 aromatic rings. The molecule has 0 aromatic heterocycles. The Bertz CT molecular complexity index is 168. The zero-order valence-electron chi connectivity index (χ0n) is 8.59. The van der Waals surface area contributed by atoms with E-state index in [0.29, 0.717) is 0 Å². The lowest BCUT2D eigenvalue weighted by Crippen LogP contribution is -1.86. The minimum Gasteiger partial charge on any atom is -0.501 e. The summed E-state index contributed by atoms with van der Waals surface area (Å²) in [6.07, 6.45) is 9.89. The first kappa shape index (κ1) is 12.0. The molecule has 0 saturated heterocycles. The second-order valence-electron chi connectivity index (χ2n) is 3.03. The van der Waals surface area contributed by atoms with Crippen LogP contribution in [0.25, 0.3) is 0 Å². The Kier molecular flexibility index (Phi) is 8.42. The third-order valence-electron chi connectivity index (χ3n) is 1.67. The Hall–Kier alpha value is -0.980. The second kappa shape index (κ2) is 9.11. The predicted octanol–water partition coefficient (Wildman–Crippen LogP) is 3.84. The van der Waals surface area contributed by atoms with Crippen molar-refractivity contribution in [3.63, 3.8) is 0 Å². The standard InChI is InChI=1S/C12H20O/c1-4-6-7-10-13-11-9-12(3)8-5-2/h5,9,11H,2-4,6-8,10H2,1H3/b11-9+. The second-order valence-corrected chi connectivity index (χ2v) is 3.03. The van der Waals surface area contributed by atoms with Crippen LogP contribution >= 0.6 is 0 Å². The maximum Gasteiger partial charge on any atom is 0.0873 e. The first-order valence-electron chi connectivity index (χ1n) is 4.88. The van der Waals surface area contributed by atoms with Crippen LogP contribution in [0, 0.1) is 0 Å². The lowest BCUT2D eigenvalue weighted by Gasteiger charge is -1.99. The van der Waals surface area contributed by atoms with E-state index in [9.17, 15) is 0 Å². The summed E-state index contributed by atoms with van der Waals surface area (Å²) < 4.78 is 5.28. The van der Waals surface area contributed by atoms with Crippen LogP contribution in [-0.4, -0.2) is 6.61 Å². The van der Waals surface area contributed by atoms with Gasteiger partial charge >= 0.3 is 0 Å². The highest BCUT2D eigenvalue weighted by Crippen LogP contribution is 2.00. The van der Waals surface area contributed by atoms with Crippen LogP contribution in [0.5, 0.6) is 0 Å². The van der Waals surface area contributed by atoms with E-state index in [1.807, 2.05) is 12.2 Å². The smallest absolute Gasteiger partial charge is 0.0873 e. The van der Waals surface area contributed by atoms with E-state index in [-0.39, 0.29) is 0 Å². The van der Waals surface area contributed by atoms with Crippen LogP contribution in [0.15, 0.2) is 37.1 Å². The highest BCUT2D eigenvalue weighted by atomic mass is 16.5. The van der Waals surface area contributed by atoms with Crippen LogP contribution in [0.3, 0.4) is 0 Å². The average Bonchev–Trinajstić information content (AvgIpc) is 2.11. The summed E-state index contributed by atoms with van der Waals surface area (Å²) in [5.41, 5.74) is 1.03. The van der Waals surface area contributed by atoms with Crippen molar-refractivity contribution >= 4 is 0 Å². The monoisotopic (exact) mass is 180 g/mol. The van der Waals surface area contributed by atoms with Gasteiger partial charge in [-0.25, -0.2) is 0 Å². The first-order valence-corrected chi connectivity index (χ1v) is 4.88. The summed E-state index contributed by atoms with van der Waals surface area (Å²) in [5.74, 6) is 0. The Morgan fingerprint density at radius 2 is 2.15 bits per heavy atom. The number of ether oxygens (including phenoxy) is 1. The number of rotatable bonds is 8. The van der Waals surface area contributed by atoms with Gasteiger partial charge in [-0.3, -0.25) is 0 Å². The van der Waals surface area contributed by atoms with E-state index in [4.69, 9.17) is 4.74 Å². The molecule has 13 heavy (non-hydrogen) atoms. The number of hydrogen-bond acceptors (Lipinski definition) is 1. The third-order valence-corrected chi connectivity index (χ3v) is 1.67. The van der Waals surface area contributed by atoms with Gasteiger partial charge in [0.1, 0.15) is 0 Å². The Morgan fingerprint density at radius 3 is 2.77 bits per heavy atom. The van der Waals surface area contributed by atoms with Crippen LogP contribution in [-0.2, 0) is 4.74 Å². The summed E-state index contributed by atoms with van der Waals surface area (Å²) in [6, 6.07) is 0. The predicted molar refractivity (Wildman–Crippen MR) is 58.6 cm³/mol. The summed E-state index contributed by atoms with van der Waals surface area (Å²) in [5, 5.41) is 0. The fourth-order valence-corrected chi connectivity index (χ4v) is 0.901. The Morgan fingerprint density at radius 1 is 1.38 bits per heavy atom. The minimum atomic E-state index is 0.811. The van der Waals surface area contributed by atoms with Gasteiger partial charge in [0.2, 0.25) is 0 Å². The number of allylic oxidation sites excluding steroid dienone is 3. The third kappa shape index (κ3) is 8.93. The highest BCUT2D eigenvalue weighted by Gasteiger charge is 1.85. The van der Waals surface area contributed by atoms with Crippen molar-refractivity contribution in [2.24, 2.45) is 0 Å². The maximum absolute atomic E-state index is 5.28. The quantitative estimate of drug-likeness (QED) is 0.239. The molecule has 0 unspecified atom stereocenters. The van der Waals surface area contributed by atoms with Crippen molar-refractivity contribution in [2.45, 2.75) is 32.6 Å². The van der Waals surface area contributed by atoms with Gasteiger partial charge in [0.05, 0.1) is 12.9 Å². The van der Waals surface area contributed by atoms with Crippen molar-refractivity contribution < 1.29 is 4.74 Å². The van der Waals surface area contributed by atoms with Gasteiger partial charge in [-0.05, 0) is 24.5 Å². The summed E-state index contributed by atoms with van der Waals surface area (Å²) in [7, 11) is 0. The Labute approximate surface area is 81.8 Å². The van der Waals surface area contributed by atoms with Gasteiger partial charge in [0.15, 0.2) is 0 Å². The lowest BCUT2D eigenvalue weighted by molar-refractivity contribution is 0.241. The topological polar surface area (TPSA) is 9.23 Å². The van der Waals surface area contributed by atoms with Crippen LogP contribution < -0.4 is 0 Å². The first-order chi connectivity index (χ1) is 6.31. The molecule has 0 aliphatic heterocycles. The molecule has 0 aromatic carbocycles. The summed E-state index contributed by atoms with van der Waals surface area (Å²) >= 11 is 0. The minimum absolute atomic E-state index is 0.811. The molecule has 74 valence electrons. The molecular weight excluding hydrogens is 160 g/mol. The van der Waals surface area contributed by atoms with Crippen molar-refractivity contribution in [3.05, 3.63) is 37.1 Å². The molecule has 0 fully saturated rings. The van der Waals surface area contributed by atoms with E-state index in [2.05, 4.69) is 20.1 Å². The van der Waals surface area contributed by atoms with Gasteiger partial charge in [-0.2, -0.15) is 0 Å². The van der Waals surface area contributed by atoms with E-state index in [1.54, 1.807) is 6.26 Å². The molecule has 0 rings (SSSR count). The molecule has 0 heterocycles. The molecule has 0 radical (unpaired) electrons. The molecular formula is C12H20O. The highest BCUT2D eigenvalue weighted by molar-refractivity contribution is 5.15. The maximum atomic E-state index is 5.28. The molecule has 0 spiro atoms. The van der Waals surface area contributed by atoms with Crippen molar-refractivity contribution in [2.75, 3.05) is 6.61 Å². The van der Waals surface area contributed by atoms with Gasteiger partial charge in [-0.15, -0.1) is 6.58 Å². The molecule has 0 bridgehead atoms. The molecule has 0 aliphatic rings. The molecule has 1 heteroatoms. The van der Waals surface area contributed by atoms with Crippen LogP contribution in [0.4, 0.5) is 0 Å². The summed E-state index contributed by atoms with van der Waals surface area (Å²) in [4.78, 5) is 0. The van der Waals surface area contributed by atoms with Crippen molar-refractivity contribution in [1.82, 2.24) is 0 Å². The number of unbranched alkanes of at least 4 members (excludes halogenated alkanes) is 2. The SMILES string of the molecule is C=CCC(=C)/C=C/OCCCCC. The van der Waals surface area contributed by atoms with E-state index < -0.39 is 0 Å². The zero-order chi connectivity index (χ0) is 9.94. The van der Waals surface area contributed by atoms with E-state index >= 15 is 0 Å². The number of hydrogen-bond donors (Lipinski definition) is 0. The van der Waals surface area contributed by atoms with Crippen molar-refractivity contribution in [1.29, 1.82) is 0 Å². The van der Waals surface area contributed by atoms with Gasteiger partial charge in [0.25, 0.3) is 0 Å². The normalized spacial score (nSPS) is 10.2. The van der Waals surface area contributed by atoms with Crippen molar-refractivity contribution in [3.8, 4) is 0 Å². The molecule has 0 atom stereocenters. The molecule has 0 N–H and O–H groups in total. The zero-order valence-corrected chi connectivity index (χ0v) is 8.59. The van der Waals surface area contributed by atoms with Gasteiger partial charge in [0, 0.05) is 0 Å². The molecule has 1 nitrogen and oxygen atoms in total. The van der Waals surface area contributed by atoms with E-state index in [1.165, 1.54) is 12.8 Å². The largest absolute Gasteiger partial charge is 0.501 e. The summed E-state index contributed by atoms with van der Waals surface area (Å²) in [6.45, 7) is 10.5. The van der Waals surface area contributed by atoms with Crippen LogP contribution in [0.2, 0.25) is 0 Å². The molecule has 0 amide bonds. The fourth-order valence-electron chi connectivity index (χ4n) is 0.901. The lowest BCUT2D eigenvalue weighted by atomic mass is 10.2. The van der Waals surface area contributed by atoms with Gasteiger partial charge < -0.3 is 4.74 Å². The van der Waals surface area contributed by atoms with E-state index in [0.717, 1.165) is 25.0 Å². The fraction of sp³-hybridized carbons (Fsp3) is 0.500. The van der Waals surface area contributed by atoms with Gasteiger partial charge in [-0.1, -0.05) is 32.4 Å².